The number of rotatable bonds is 10. The van der Waals surface area contributed by atoms with Gasteiger partial charge in [0.25, 0.3) is 0 Å². The number of aliphatic hydroxyl groups is 8. The standard InChI is InChI=1S/C30H46O19/c1-7-13(35)18(40)28(44-21(7)8(2)31)48-26-16(38)20(42)30(46-23(26)10(4)33)49-27-17(39)19(41)29(45-24(27)11(5)34)47-25-15(37)14(36)12(6)43-22(25)9(3)32/h7,12-30,35-42H,1-6H3. The highest BCUT2D eigenvalue weighted by Crippen LogP contribution is 2.35. The summed E-state index contributed by atoms with van der Waals surface area (Å²) in [6.07, 6.45) is -32.6. The molecule has 0 aromatic heterocycles. The maximum atomic E-state index is 12.7. The molecule has 19 nitrogen and oxygen atoms in total. The van der Waals surface area contributed by atoms with Crippen molar-refractivity contribution in [2.24, 2.45) is 5.92 Å². The summed E-state index contributed by atoms with van der Waals surface area (Å²) in [5.74, 6) is -3.52. The molecule has 19 heteroatoms. The van der Waals surface area contributed by atoms with Gasteiger partial charge in [-0.3, -0.25) is 19.2 Å². The zero-order chi connectivity index (χ0) is 36.8. The molecule has 0 aromatic rings. The van der Waals surface area contributed by atoms with Crippen LogP contribution in [0.2, 0.25) is 0 Å². The molecule has 0 radical (unpaired) electrons. The molecule has 4 heterocycles. The van der Waals surface area contributed by atoms with Crippen LogP contribution in [0.25, 0.3) is 0 Å². The lowest BCUT2D eigenvalue weighted by Gasteiger charge is -2.48. The van der Waals surface area contributed by atoms with Crippen molar-refractivity contribution in [2.45, 2.75) is 158 Å². The molecule has 0 bridgehead atoms. The minimum Gasteiger partial charge on any atom is -0.390 e. The molecular weight excluding hydrogens is 664 g/mol. The Morgan fingerprint density at radius 3 is 1.04 bits per heavy atom. The Kier molecular flexibility index (Phi) is 12.8. The van der Waals surface area contributed by atoms with Crippen LogP contribution in [0.15, 0.2) is 0 Å². The van der Waals surface area contributed by atoms with Gasteiger partial charge in [0.2, 0.25) is 0 Å². The van der Waals surface area contributed by atoms with Gasteiger partial charge in [-0.15, -0.1) is 0 Å². The van der Waals surface area contributed by atoms with E-state index in [2.05, 4.69) is 0 Å². The van der Waals surface area contributed by atoms with E-state index in [1.807, 2.05) is 0 Å². The fraction of sp³-hybridized carbons (Fsp3) is 0.867. The van der Waals surface area contributed by atoms with Gasteiger partial charge in [-0.25, -0.2) is 0 Å². The van der Waals surface area contributed by atoms with Crippen molar-refractivity contribution in [3.05, 3.63) is 0 Å². The van der Waals surface area contributed by atoms with Crippen LogP contribution >= 0.6 is 0 Å². The van der Waals surface area contributed by atoms with Crippen molar-refractivity contribution >= 4 is 23.1 Å². The van der Waals surface area contributed by atoms with E-state index in [9.17, 15) is 60.0 Å². The first kappa shape index (κ1) is 39.9. The lowest BCUT2D eigenvalue weighted by atomic mass is 9.88. The Hall–Kier alpha value is -1.92. The van der Waals surface area contributed by atoms with Gasteiger partial charge in [0.1, 0.15) is 85.5 Å². The number of carbonyl (C=O) groups excluding carboxylic acids is 4. The van der Waals surface area contributed by atoms with Gasteiger partial charge >= 0.3 is 0 Å². The van der Waals surface area contributed by atoms with Crippen LogP contribution in [-0.4, -0.2) is 181 Å². The van der Waals surface area contributed by atoms with Crippen LogP contribution in [0.3, 0.4) is 0 Å². The van der Waals surface area contributed by atoms with Crippen LogP contribution in [0.4, 0.5) is 0 Å². The monoisotopic (exact) mass is 710 g/mol. The van der Waals surface area contributed by atoms with Crippen molar-refractivity contribution < 1.29 is 93.2 Å². The van der Waals surface area contributed by atoms with E-state index in [1.54, 1.807) is 0 Å². The summed E-state index contributed by atoms with van der Waals surface area (Å²) < 4.78 is 39.0. The van der Waals surface area contributed by atoms with Gasteiger partial charge in [0, 0.05) is 5.92 Å². The van der Waals surface area contributed by atoms with Crippen LogP contribution < -0.4 is 0 Å². The van der Waals surface area contributed by atoms with E-state index in [0.29, 0.717) is 0 Å². The maximum Gasteiger partial charge on any atom is 0.187 e. The number of carbonyl (C=O) groups is 4. The third-order valence-corrected chi connectivity index (χ3v) is 9.32. The number of Topliss-reactive ketones (excluding diaryl/α,β-unsaturated/α-hetero) is 4. The smallest absolute Gasteiger partial charge is 0.187 e. The Morgan fingerprint density at radius 1 is 0.408 bits per heavy atom. The third kappa shape index (κ3) is 7.96. The molecule has 4 fully saturated rings. The number of hydrogen-bond acceptors (Lipinski definition) is 19. The number of ether oxygens (including phenoxy) is 7. The molecule has 20 unspecified atom stereocenters. The summed E-state index contributed by atoms with van der Waals surface area (Å²) in [6, 6.07) is 0. The first-order valence-electron chi connectivity index (χ1n) is 15.8. The van der Waals surface area contributed by atoms with E-state index >= 15 is 0 Å². The Bertz CT molecular complexity index is 1220. The van der Waals surface area contributed by atoms with E-state index < -0.39 is 146 Å². The highest BCUT2D eigenvalue weighted by molar-refractivity contribution is 5.82. The van der Waals surface area contributed by atoms with E-state index in [0.717, 1.165) is 20.8 Å². The Morgan fingerprint density at radius 2 is 0.694 bits per heavy atom. The van der Waals surface area contributed by atoms with Crippen molar-refractivity contribution in [1.82, 2.24) is 0 Å². The summed E-state index contributed by atoms with van der Waals surface area (Å²) in [6.45, 7) is 7.26. The lowest BCUT2D eigenvalue weighted by Crippen LogP contribution is -2.68. The third-order valence-electron chi connectivity index (χ3n) is 9.32. The molecule has 4 aliphatic heterocycles. The largest absolute Gasteiger partial charge is 0.390 e. The molecule has 0 amide bonds. The molecule has 0 saturated carbocycles. The molecule has 0 aromatic carbocycles. The van der Waals surface area contributed by atoms with E-state index in [1.165, 1.54) is 20.8 Å². The fourth-order valence-electron chi connectivity index (χ4n) is 6.42. The van der Waals surface area contributed by atoms with Gasteiger partial charge in [-0.2, -0.15) is 0 Å². The quantitative estimate of drug-likeness (QED) is 0.105. The summed E-state index contributed by atoms with van der Waals surface area (Å²) in [4.78, 5) is 49.6. The van der Waals surface area contributed by atoms with Crippen LogP contribution in [0.1, 0.15) is 41.5 Å². The Balaban J connectivity index is 1.51. The highest BCUT2D eigenvalue weighted by atomic mass is 16.8. The molecular formula is C30H46O19. The second-order valence-electron chi connectivity index (χ2n) is 13.1. The molecule has 4 aliphatic rings. The number of hydrogen-bond donors (Lipinski definition) is 8. The van der Waals surface area contributed by atoms with Crippen molar-refractivity contribution in [2.75, 3.05) is 0 Å². The molecule has 0 aliphatic carbocycles. The van der Waals surface area contributed by atoms with Crippen LogP contribution in [0, 0.1) is 5.92 Å². The maximum absolute atomic E-state index is 12.7. The Labute approximate surface area is 280 Å². The zero-order valence-electron chi connectivity index (χ0n) is 27.6. The zero-order valence-corrected chi connectivity index (χ0v) is 27.6. The molecule has 280 valence electrons. The molecule has 49 heavy (non-hydrogen) atoms. The van der Waals surface area contributed by atoms with Gasteiger partial charge < -0.3 is 74.0 Å². The second-order valence-corrected chi connectivity index (χ2v) is 13.1. The summed E-state index contributed by atoms with van der Waals surface area (Å²) in [5.41, 5.74) is 0. The second kappa shape index (κ2) is 15.8. The van der Waals surface area contributed by atoms with Crippen molar-refractivity contribution in [3.63, 3.8) is 0 Å². The predicted octanol–water partition coefficient (Wildman–Crippen LogP) is -5.02. The van der Waals surface area contributed by atoms with E-state index in [4.69, 9.17) is 33.2 Å². The van der Waals surface area contributed by atoms with Gasteiger partial charge in [0.15, 0.2) is 42.0 Å². The van der Waals surface area contributed by atoms with Gasteiger partial charge in [0.05, 0.1) is 12.2 Å². The predicted molar refractivity (Wildman–Crippen MR) is 155 cm³/mol. The van der Waals surface area contributed by atoms with Gasteiger partial charge in [-0.1, -0.05) is 6.92 Å². The number of aliphatic hydroxyl groups excluding tert-OH is 8. The summed E-state index contributed by atoms with van der Waals surface area (Å²) in [7, 11) is 0. The fourth-order valence-corrected chi connectivity index (χ4v) is 6.42. The normalized spacial score (nSPS) is 49.3. The molecule has 4 rings (SSSR count). The highest BCUT2D eigenvalue weighted by Gasteiger charge is 2.56. The van der Waals surface area contributed by atoms with Gasteiger partial charge in [-0.05, 0) is 34.6 Å². The molecule has 20 atom stereocenters. The van der Waals surface area contributed by atoms with Crippen LogP contribution in [0.5, 0.6) is 0 Å². The average Bonchev–Trinajstić information content (AvgIpc) is 3.03. The first-order valence-corrected chi connectivity index (χ1v) is 15.8. The molecule has 8 N–H and O–H groups in total. The SMILES string of the molecule is CC(=O)C1OC(OC2C(C(C)=O)OC(OC3C(C(C)=O)OC(OC4C(C(C)=O)OC(C)C(O)C4O)C(O)C3O)C(O)C2O)C(O)C(O)C1C. The molecule has 0 spiro atoms. The lowest BCUT2D eigenvalue weighted by molar-refractivity contribution is -0.371. The molecule has 4 saturated heterocycles. The minimum absolute atomic E-state index is 0.499. The van der Waals surface area contributed by atoms with E-state index in [-0.39, 0.29) is 0 Å². The summed E-state index contributed by atoms with van der Waals surface area (Å²) >= 11 is 0. The minimum atomic E-state index is -2.07. The average molecular weight is 711 g/mol. The van der Waals surface area contributed by atoms with Crippen LogP contribution in [-0.2, 0) is 52.3 Å². The van der Waals surface area contributed by atoms with Crippen molar-refractivity contribution in [3.8, 4) is 0 Å². The number of ketones is 4. The van der Waals surface area contributed by atoms with Crippen molar-refractivity contribution in [1.29, 1.82) is 0 Å². The summed E-state index contributed by atoms with van der Waals surface area (Å²) in [5, 5.41) is 86.0. The topological polar surface area (TPSA) is 295 Å². The first-order chi connectivity index (χ1) is 22.8.